The van der Waals surface area contributed by atoms with Crippen molar-refractivity contribution in [2.45, 2.75) is 19.5 Å². The molecule has 1 N–H and O–H groups in total. The molecule has 0 spiro atoms. The average molecular weight is 366 g/mol. The SMILES string of the molecule is O=[N+]([O-])c1ccc(CN(Cc2ccc(Cl)cc2)C[C@@H]2CCNC2)s1. The molecule has 0 radical (unpaired) electrons. The van der Waals surface area contributed by atoms with Crippen molar-refractivity contribution >= 4 is 27.9 Å². The fourth-order valence-corrected chi connectivity index (χ4v) is 4.03. The van der Waals surface area contributed by atoms with E-state index in [1.165, 1.54) is 23.3 Å². The number of hydrogen-bond donors (Lipinski definition) is 1. The smallest absolute Gasteiger partial charge is 0.316 e. The third kappa shape index (κ3) is 4.77. The number of halogens is 1. The third-order valence-electron chi connectivity index (χ3n) is 4.21. The Balaban J connectivity index is 1.70. The van der Waals surface area contributed by atoms with Crippen molar-refractivity contribution in [2.24, 2.45) is 5.92 Å². The lowest BCUT2D eigenvalue weighted by molar-refractivity contribution is -0.380. The number of benzene rings is 1. The zero-order valence-electron chi connectivity index (χ0n) is 13.3. The van der Waals surface area contributed by atoms with Crippen LogP contribution in [0, 0.1) is 16.0 Å². The van der Waals surface area contributed by atoms with Crippen LogP contribution >= 0.6 is 22.9 Å². The van der Waals surface area contributed by atoms with Crippen LogP contribution < -0.4 is 5.32 Å². The predicted molar refractivity (Wildman–Crippen MR) is 97.5 cm³/mol. The summed E-state index contributed by atoms with van der Waals surface area (Å²) >= 11 is 7.23. The number of nitrogens with one attached hydrogen (secondary N) is 1. The molecule has 1 aliphatic rings. The molecule has 1 fully saturated rings. The van der Waals surface area contributed by atoms with E-state index < -0.39 is 0 Å². The Morgan fingerprint density at radius 2 is 2.04 bits per heavy atom. The van der Waals surface area contributed by atoms with E-state index in [9.17, 15) is 10.1 Å². The summed E-state index contributed by atoms with van der Waals surface area (Å²) in [5.41, 5.74) is 1.21. The molecule has 0 bridgehead atoms. The van der Waals surface area contributed by atoms with Gasteiger partial charge in [-0.2, -0.15) is 0 Å². The minimum atomic E-state index is -0.321. The highest BCUT2D eigenvalue weighted by Gasteiger charge is 2.20. The number of hydrogen-bond acceptors (Lipinski definition) is 5. The summed E-state index contributed by atoms with van der Waals surface area (Å²) in [7, 11) is 0. The van der Waals surface area contributed by atoms with E-state index >= 15 is 0 Å². The van der Waals surface area contributed by atoms with Gasteiger partial charge < -0.3 is 5.32 Å². The molecule has 3 rings (SSSR count). The summed E-state index contributed by atoms with van der Waals surface area (Å²) < 4.78 is 0. The maximum Gasteiger partial charge on any atom is 0.324 e. The van der Waals surface area contributed by atoms with Gasteiger partial charge >= 0.3 is 5.00 Å². The lowest BCUT2D eigenvalue weighted by Gasteiger charge is -2.25. The van der Waals surface area contributed by atoms with Gasteiger partial charge in [0.05, 0.1) is 4.92 Å². The lowest BCUT2D eigenvalue weighted by atomic mass is 10.1. The monoisotopic (exact) mass is 365 g/mol. The van der Waals surface area contributed by atoms with Gasteiger partial charge in [0.1, 0.15) is 0 Å². The molecular formula is C17H20ClN3O2S. The van der Waals surface area contributed by atoms with Crippen LogP contribution in [0.1, 0.15) is 16.9 Å². The molecule has 0 amide bonds. The minimum Gasteiger partial charge on any atom is -0.316 e. The molecule has 0 aliphatic carbocycles. The summed E-state index contributed by atoms with van der Waals surface area (Å²) in [4.78, 5) is 14.0. The van der Waals surface area contributed by atoms with Gasteiger partial charge in [0.15, 0.2) is 0 Å². The number of thiophene rings is 1. The molecule has 1 aromatic carbocycles. The van der Waals surface area contributed by atoms with Crippen LogP contribution in [0.5, 0.6) is 0 Å². The standard InChI is InChI=1S/C17H20ClN3O2S/c18-15-3-1-13(2-4-15)10-20(11-14-7-8-19-9-14)12-16-5-6-17(24-16)21(22)23/h1-6,14,19H,7-12H2/t14-/m1/s1. The molecule has 24 heavy (non-hydrogen) atoms. The Kier molecular flexibility index (Phi) is 5.84. The van der Waals surface area contributed by atoms with Gasteiger partial charge in [0.2, 0.25) is 0 Å². The zero-order valence-corrected chi connectivity index (χ0v) is 14.9. The molecule has 5 nitrogen and oxygen atoms in total. The van der Waals surface area contributed by atoms with Gasteiger partial charge in [-0.15, -0.1) is 0 Å². The van der Waals surface area contributed by atoms with E-state index in [0.29, 0.717) is 5.92 Å². The Morgan fingerprint density at radius 1 is 1.25 bits per heavy atom. The van der Waals surface area contributed by atoms with Crippen molar-refractivity contribution in [1.82, 2.24) is 10.2 Å². The van der Waals surface area contributed by atoms with E-state index in [-0.39, 0.29) is 9.92 Å². The Bertz CT molecular complexity index is 683. The van der Waals surface area contributed by atoms with E-state index in [2.05, 4.69) is 10.2 Å². The third-order valence-corrected chi connectivity index (χ3v) is 5.48. The van der Waals surface area contributed by atoms with Crippen LogP contribution in [-0.2, 0) is 13.1 Å². The van der Waals surface area contributed by atoms with Gasteiger partial charge in [0.25, 0.3) is 0 Å². The second kappa shape index (κ2) is 8.07. The average Bonchev–Trinajstić information content (AvgIpc) is 3.21. The second-order valence-electron chi connectivity index (χ2n) is 6.15. The molecule has 1 aliphatic heterocycles. The van der Waals surface area contributed by atoms with Crippen LogP contribution in [0.15, 0.2) is 36.4 Å². The molecular weight excluding hydrogens is 346 g/mol. The molecule has 0 unspecified atom stereocenters. The second-order valence-corrected chi connectivity index (χ2v) is 7.74. The van der Waals surface area contributed by atoms with E-state index in [0.717, 1.165) is 42.6 Å². The highest BCUT2D eigenvalue weighted by Crippen LogP contribution is 2.26. The summed E-state index contributed by atoms with van der Waals surface area (Å²) in [6, 6.07) is 11.4. The molecule has 1 saturated heterocycles. The van der Waals surface area contributed by atoms with Crippen molar-refractivity contribution < 1.29 is 4.92 Å². The normalized spacial score (nSPS) is 17.5. The predicted octanol–water partition coefficient (Wildman–Crippen LogP) is 3.92. The fraction of sp³-hybridized carbons (Fsp3) is 0.412. The molecule has 2 aromatic rings. The first kappa shape index (κ1) is 17.4. The lowest BCUT2D eigenvalue weighted by Crippen LogP contribution is -2.29. The first-order valence-electron chi connectivity index (χ1n) is 8.01. The number of nitro groups is 1. The fourth-order valence-electron chi connectivity index (χ4n) is 3.04. The zero-order chi connectivity index (χ0) is 16.9. The molecule has 0 saturated carbocycles. The first-order valence-corrected chi connectivity index (χ1v) is 9.20. The van der Waals surface area contributed by atoms with Crippen molar-refractivity contribution in [3.63, 3.8) is 0 Å². The van der Waals surface area contributed by atoms with E-state index in [4.69, 9.17) is 11.6 Å². The van der Waals surface area contributed by atoms with Gasteiger partial charge in [-0.25, -0.2) is 0 Å². The van der Waals surface area contributed by atoms with Gasteiger partial charge in [-0.1, -0.05) is 35.1 Å². The summed E-state index contributed by atoms with van der Waals surface area (Å²) in [6.07, 6.45) is 1.18. The first-order chi connectivity index (χ1) is 11.6. The van der Waals surface area contributed by atoms with Crippen LogP contribution in [0.3, 0.4) is 0 Å². The Labute approximate surface area is 150 Å². The summed E-state index contributed by atoms with van der Waals surface area (Å²) in [6.45, 7) is 4.66. The van der Waals surface area contributed by atoms with Crippen molar-refractivity contribution in [3.8, 4) is 0 Å². The van der Waals surface area contributed by atoms with Crippen LogP contribution in [0.25, 0.3) is 0 Å². The molecule has 7 heteroatoms. The van der Waals surface area contributed by atoms with E-state index in [1.807, 2.05) is 30.3 Å². The van der Waals surface area contributed by atoms with Gasteiger partial charge in [0, 0.05) is 35.6 Å². The molecule has 1 atom stereocenters. The summed E-state index contributed by atoms with van der Waals surface area (Å²) in [5.74, 6) is 0.632. The summed E-state index contributed by atoms with van der Waals surface area (Å²) in [5, 5.41) is 15.2. The topological polar surface area (TPSA) is 58.4 Å². The van der Waals surface area contributed by atoms with Crippen LogP contribution in [-0.4, -0.2) is 29.5 Å². The van der Waals surface area contributed by atoms with Crippen molar-refractivity contribution in [3.05, 3.63) is 62.0 Å². The highest BCUT2D eigenvalue weighted by atomic mass is 35.5. The van der Waals surface area contributed by atoms with E-state index in [1.54, 1.807) is 6.07 Å². The maximum atomic E-state index is 10.9. The van der Waals surface area contributed by atoms with Crippen molar-refractivity contribution in [2.75, 3.05) is 19.6 Å². The quantitative estimate of drug-likeness (QED) is 0.596. The molecule has 128 valence electrons. The molecule has 1 aromatic heterocycles. The Hall–Kier alpha value is -1.47. The molecule has 2 heterocycles. The highest BCUT2D eigenvalue weighted by molar-refractivity contribution is 7.15. The largest absolute Gasteiger partial charge is 0.324 e. The Morgan fingerprint density at radius 3 is 2.67 bits per heavy atom. The van der Waals surface area contributed by atoms with Crippen LogP contribution in [0.4, 0.5) is 5.00 Å². The number of rotatable bonds is 7. The minimum absolute atomic E-state index is 0.207. The van der Waals surface area contributed by atoms with Crippen molar-refractivity contribution in [1.29, 1.82) is 0 Å². The number of nitrogens with zero attached hydrogens (tertiary/aromatic N) is 2. The maximum absolute atomic E-state index is 10.9. The van der Waals surface area contributed by atoms with Gasteiger partial charge in [-0.05, 0) is 49.2 Å². The van der Waals surface area contributed by atoms with Crippen LogP contribution in [0.2, 0.25) is 5.02 Å². The van der Waals surface area contributed by atoms with Gasteiger partial charge in [-0.3, -0.25) is 15.0 Å².